The fourth-order valence-electron chi connectivity index (χ4n) is 2.66. The number of benzene rings is 1. The van der Waals surface area contributed by atoms with Crippen LogP contribution in [-0.4, -0.2) is 51.4 Å². The Morgan fingerprint density at radius 3 is 2.48 bits per heavy atom. The molecule has 8 nitrogen and oxygen atoms in total. The molecule has 2 rings (SSSR count). The molecule has 0 saturated heterocycles. The van der Waals surface area contributed by atoms with Crippen molar-refractivity contribution < 1.29 is 5.11 Å². The molecule has 0 amide bonds. The zero-order chi connectivity index (χ0) is 20.0. The summed E-state index contributed by atoms with van der Waals surface area (Å²) >= 11 is 5.86. The molecular weight excluding hydrogens is 370 g/mol. The second-order valence-electron chi connectivity index (χ2n) is 5.90. The maximum Gasteiger partial charge on any atom is 0.335 e. The van der Waals surface area contributed by atoms with Crippen LogP contribution < -0.4 is 16.7 Å². The van der Waals surface area contributed by atoms with Gasteiger partial charge in [0.05, 0.1) is 11.4 Å². The van der Waals surface area contributed by atoms with Crippen LogP contribution in [0, 0.1) is 0 Å². The van der Waals surface area contributed by atoms with Crippen LogP contribution in [0.3, 0.4) is 0 Å². The molecule has 0 spiro atoms. The van der Waals surface area contributed by atoms with Crippen LogP contribution in [0.25, 0.3) is 5.69 Å². The molecular formula is C18H24ClN5O3. The number of H-pyrrole nitrogens is 1. The van der Waals surface area contributed by atoms with E-state index in [9.17, 15) is 14.7 Å². The summed E-state index contributed by atoms with van der Waals surface area (Å²) in [5.41, 5.74) is 2.03. The minimum Gasteiger partial charge on any atom is -0.493 e. The number of halogens is 1. The summed E-state index contributed by atoms with van der Waals surface area (Å²) in [5.74, 6) is -0.474. The minimum atomic E-state index is -0.745. The summed E-state index contributed by atoms with van der Waals surface area (Å²) in [6.45, 7) is 9.02. The lowest BCUT2D eigenvalue weighted by Crippen LogP contribution is -2.33. The largest absolute Gasteiger partial charge is 0.493 e. The van der Waals surface area contributed by atoms with Crippen LogP contribution in [0.4, 0.5) is 0 Å². The Morgan fingerprint density at radius 1 is 1.26 bits per heavy atom. The van der Waals surface area contributed by atoms with Gasteiger partial charge in [-0.1, -0.05) is 25.4 Å². The fraction of sp³-hybridized carbons (Fsp3) is 0.389. The van der Waals surface area contributed by atoms with E-state index >= 15 is 0 Å². The van der Waals surface area contributed by atoms with Crippen molar-refractivity contribution in [1.82, 2.24) is 19.9 Å². The highest BCUT2D eigenvalue weighted by Crippen LogP contribution is 2.18. The van der Waals surface area contributed by atoms with Crippen molar-refractivity contribution in [3.63, 3.8) is 0 Å². The molecule has 3 N–H and O–H groups in total. The van der Waals surface area contributed by atoms with E-state index in [2.05, 4.69) is 34.3 Å². The van der Waals surface area contributed by atoms with Gasteiger partial charge in [0, 0.05) is 18.1 Å². The average molecular weight is 394 g/mol. The highest BCUT2D eigenvalue weighted by molar-refractivity contribution is 6.30. The summed E-state index contributed by atoms with van der Waals surface area (Å²) in [4.78, 5) is 28.8. The summed E-state index contributed by atoms with van der Waals surface area (Å²) in [6, 6.07) is 6.31. The maximum absolute atomic E-state index is 12.2. The van der Waals surface area contributed by atoms with Gasteiger partial charge in [-0.3, -0.25) is 9.78 Å². The number of rotatable bonds is 8. The summed E-state index contributed by atoms with van der Waals surface area (Å²) < 4.78 is 1.00. The van der Waals surface area contributed by atoms with E-state index in [4.69, 9.17) is 11.6 Å². The molecule has 146 valence electrons. The van der Waals surface area contributed by atoms with Gasteiger partial charge in [-0.15, -0.1) is 0 Å². The lowest BCUT2D eigenvalue weighted by Gasteiger charge is -2.17. The van der Waals surface area contributed by atoms with Gasteiger partial charge in [0.25, 0.3) is 5.56 Å². The van der Waals surface area contributed by atoms with Crippen molar-refractivity contribution in [3.05, 3.63) is 55.7 Å². The number of aromatic nitrogens is 2. The Bertz CT molecular complexity index is 914. The van der Waals surface area contributed by atoms with Crippen molar-refractivity contribution in [1.29, 1.82) is 0 Å². The Hall–Kier alpha value is -2.58. The molecule has 1 aromatic heterocycles. The van der Waals surface area contributed by atoms with E-state index in [1.54, 1.807) is 31.2 Å². The topological polar surface area (TPSA) is 103 Å². The van der Waals surface area contributed by atoms with Crippen LogP contribution in [-0.2, 0) is 0 Å². The molecule has 0 atom stereocenters. The first kappa shape index (κ1) is 20.7. The maximum atomic E-state index is 12.2. The summed E-state index contributed by atoms with van der Waals surface area (Å²) in [7, 11) is 0. The molecule has 0 bridgehead atoms. The highest BCUT2D eigenvalue weighted by Gasteiger charge is 2.18. The Morgan fingerprint density at radius 2 is 1.89 bits per heavy atom. The normalized spacial score (nSPS) is 11.8. The van der Waals surface area contributed by atoms with Gasteiger partial charge in [-0.05, 0) is 44.3 Å². The van der Waals surface area contributed by atoms with E-state index in [0.29, 0.717) is 17.3 Å². The number of hydrogen-bond acceptors (Lipinski definition) is 6. The van der Waals surface area contributed by atoms with Crippen molar-refractivity contribution in [2.24, 2.45) is 5.10 Å². The molecule has 1 heterocycles. The molecule has 0 saturated carbocycles. The number of hydrazone groups is 1. The number of aromatic amines is 1. The zero-order valence-corrected chi connectivity index (χ0v) is 16.4. The molecule has 0 aliphatic rings. The van der Waals surface area contributed by atoms with Gasteiger partial charge in [0.2, 0.25) is 5.88 Å². The van der Waals surface area contributed by atoms with Gasteiger partial charge in [0.15, 0.2) is 0 Å². The molecule has 1 aromatic carbocycles. The monoisotopic (exact) mass is 393 g/mol. The summed E-state index contributed by atoms with van der Waals surface area (Å²) in [5, 5.41) is 15.2. The third kappa shape index (κ3) is 4.99. The van der Waals surface area contributed by atoms with E-state index in [1.807, 2.05) is 0 Å². The molecule has 0 aliphatic heterocycles. The average Bonchev–Trinajstić information content (AvgIpc) is 2.63. The van der Waals surface area contributed by atoms with Crippen LogP contribution in [0.5, 0.6) is 5.88 Å². The fourth-order valence-corrected chi connectivity index (χ4v) is 2.79. The minimum absolute atomic E-state index is 0.0695. The predicted octanol–water partition coefficient (Wildman–Crippen LogP) is 1.54. The van der Waals surface area contributed by atoms with E-state index in [0.717, 1.165) is 24.2 Å². The van der Waals surface area contributed by atoms with Gasteiger partial charge < -0.3 is 15.4 Å². The standard InChI is InChI=1S/C18H24ClN5O3/c1-4-23(5-2)11-10-20-22-12(3)15-16(25)21-18(27)24(17(15)26)14-8-6-13(19)7-9-14/h6-9,20,26H,4-5,10-11H2,1-3H3,(H,21,25,27). The number of hydrogen-bond donors (Lipinski definition) is 3. The molecule has 0 aliphatic carbocycles. The first-order valence-corrected chi connectivity index (χ1v) is 9.10. The van der Waals surface area contributed by atoms with Crippen LogP contribution in [0.2, 0.25) is 5.02 Å². The number of nitrogens with zero attached hydrogens (tertiary/aromatic N) is 3. The zero-order valence-electron chi connectivity index (χ0n) is 15.6. The van der Waals surface area contributed by atoms with E-state index in [1.165, 1.54) is 0 Å². The van der Waals surface area contributed by atoms with Crippen molar-refractivity contribution in [3.8, 4) is 11.6 Å². The summed E-state index contributed by atoms with van der Waals surface area (Å²) in [6.07, 6.45) is 0. The van der Waals surface area contributed by atoms with E-state index < -0.39 is 17.1 Å². The second-order valence-corrected chi connectivity index (χ2v) is 6.34. The predicted molar refractivity (Wildman–Crippen MR) is 107 cm³/mol. The lowest BCUT2D eigenvalue weighted by molar-refractivity contribution is 0.303. The van der Waals surface area contributed by atoms with Crippen LogP contribution in [0.15, 0.2) is 39.0 Å². The number of likely N-dealkylation sites (N-methyl/N-ethyl adjacent to an activating group) is 1. The van der Waals surface area contributed by atoms with E-state index in [-0.39, 0.29) is 11.3 Å². The van der Waals surface area contributed by atoms with Crippen LogP contribution in [0.1, 0.15) is 26.3 Å². The Kier molecular flexibility index (Phi) is 7.20. The van der Waals surface area contributed by atoms with Gasteiger partial charge in [-0.25, -0.2) is 9.36 Å². The second kappa shape index (κ2) is 9.38. The quantitative estimate of drug-likeness (QED) is 0.358. The molecule has 0 fully saturated rings. The third-order valence-corrected chi connectivity index (χ3v) is 4.47. The molecule has 27 heavy (non-hydrogen) atoms. The Balaban J connectivity index is 2.32. The third-order valence-electron chi connectivity index (χ3n) is 4.21. The first-order chi connectivity index (χ1) is 12.9. The van der Waals surface area contributed by atoms with Crippen molar-refractivity contribution in [2.45, 2.75) is 20.8 Å². The van der Waals surface area contributed by atoms with Crippen molar-refractivity contribution in [2.75, 3.05) is 26.2 Å². The number of aromatic hydroxyl groups is 1. The molecule has 0 radical (unpaired) electrons. The van der Waals surface area contributed by atoms with Crippen molar-refractivity contribution >= 4 is 17.3 Å². The van der Waals surface area contributed by atoms with Crippen LogP contribution >= 0.6 is 11.6 Å². The SMILES string of the molecule is CCN(CC)CCNN=C(C)c1c(O)n(-c2ccc(Cl)cc2)c(=O)[nH]c1=O. The Labute approximate surface area is 162 Å². The smallest absolute Gasteiger partial charge is 0.335 e. The molecule has 2 aromatic rings. The lowest BCUT2D eigenvalue weighted by atomic mass is 10.2. The first-order valence-electron chi connectivity index (χ1n) is 8.73. The highest BCUT2D eigenvalue weighted by atomic mass is 35.5. The van der Waals surface area contributed by atoms with Gasteiger partial charge >= 0.3 is 5.69 Å². The molecule has 9 heteroatoms. The van der Waals surface area contributed by atoms with Gasteiger partial charge in [0.1, 0.15) is 5.56 Å². The van der Waals surface area contributed by atoms with Gasteiger partial charge in [-0.2, -0.15) is 5.10 Å². The molecule has 0 unspecified atom stereocenters. The number of nitrogens with one attached hydrogen (secondary N) is 2.